The zero-order chi connectivity index (χ0) is 16.2. The number of alkyl halides is 3. The molecule has 0 amide bonds. The Morgan fingerprint density at radius 1 is 1.05 bits per heavy atom. The number of ether oxygens (including phenoxy) is 2. The second-order valence-electron chi connectivity index (χ2n) is 4.63. The van der Waals surface area contributed by atoms with E-state index in [-0.39, 0.29) is 12.4 Å². The van der Waals surface area contributed by atoms with Crippen LogP contribution in [-0.2, 0) is 6.18 Å². The van der Waals surface area contributed by atoms with Gasteiger partial charge >= 0.3 is 6.18 Å². The molecule has 0 radical (unpaired) electrons. The molecule has 0 heterocycles. The summed E-state index contributed by atoms with van der Waals surface area (Å²) in [5.74, 6) is 0.862. The third kappa shape index (κ3) is 4.14. The Hall–Kier alpha value is -2.21. The van der Waals surface area contributed by atoms with E-state index in [4.69, 9.17) is 9.47 Å². The fourth-order valence-corrected chi connectivity index (χ4v) is 1.86. The molecule has 0 bridgehead atoms. The van der Waals surface area contributed by atoms with Crippen LogP contribution in [0.3, 0.4) is 0 Å². The third-order valence-corrected chi connectivity index (χ3v) is 3.07. The number of hydrogen-bond acceptors (Lipinski definition) is 3. The van der Waals surface area contributed by atoms with Crippen LogP contribution in [0.5, 0.6) is 11.5 Å². The maximum atomic E-state index is 12.4. The van der Waals surface area contributed by atoms with Gasteiger partial charge in [-0.1, -0.05) is 12.1 Å². The summed E-state index contributed by atoms with van der Waals surface area (Å²) in [6.07, 6.45) is -5.28. The lowest BCUT2D eigenvalue weighted by Gasteiger charge is -2.14. The minimum Gasteiger partial charge on any atom is -0.497 e. The molecule has 3 nitrogen and oxygen atoms in total. The second-order valence-corrected chi connectivity index (χ2v) is 4.63. The topological polar surface area (TPSA) is 38.7 Å². The van der Waals surface area contributed by atoms with Gasteiger partial charge in [-0.05, 0) is 42.0 Å². The normalized spacial score (nSPS) is 12.8. The molecule has 0 spiro atoms. The SMILES string of the molecule is COc1cccc(C(O)COc2ccc(C(F)(F)F)cc2)c1. The van der Waals surface area contributed by atoms with E-state index in [1.165, 1.54) is 19.2 Å². The van der Waals surface area contributed by atoms with E-state index in [9.17, 15) is 18.3 Å². The van der Waals surface area contributed by atoms with Crippen molar-refractivity contribution >= 4 is 0 Å². The van der Waals surface area contributed by atoms with Crippen LogP contribution in [0.2, 0.25) is 0 Å². The Morgan fingerprint density at radius 3 is 2.32 bits per heavy atom. The van der Waals surface area contributed by atoms with Crippen LogP contribution < -0.4 is 9.47 Å². The summed E-state index contributed by atoms with van der Waals surface area (Å²) in [5.41, 5.74) is -0.139. The van der Waals surface area contributed by atoms with Crippen LogP contribution >= 0.6 is 0 Å². The average Bonchev–Trinajstić information content (AvgIpc) is 2.52. The maximum Gasteiger partial charge on any atom is 0.416 e. The van der Waals surface area contributed by atoms with E-state index in [1.807, 2.05) is 0 Å². The molecule has 0 aliphatic rings. The van der Waals surface area contributed by atoms with Gasteiger partial charge in [0.15, 0.2) is 0 Å². The van der Waals surface area contributed by atoms with Gasteiger partial charge in [-0.3, -0.25) is 0 Å². The second kappa shape index (κ2) is 6.70. The van der Waals surface area contributed by atoms with Crippen molar-refractivity contribution in [3.05, 3.63) is 59.7 Å². The van der Waals surface area contributed by atoms with Crippen molar-refractivity contribution in [3.8, 4) is 11.5 Å². The number of aliphatic hydroxyl groups excluding tert-OH is 1. The molecule has 118 valence electrons. The number of halogens is 3. The van der Waals surface area contributed by atoms with E-state index in [1.54, 1.807) is 24.3 Å². The first-order valence-corrected chi connectivity index (χ1v) is 6.52. The Labute approximate surface area is 125 Å². The van der Waals surface area contributed by atoms with Crippen molar-refractivity contribution in [2.75, 3.05) is 13.7 Å². The zero-order valence-electron chi connectivity index (χ0n) is 11.8. The molecule has 6 heteroatoms. The van der Waals surface area contributed by atoms with Crippen molar-refractivity contribution in [2.24, 2.45) is 0 Å². The van der Waals surface area contributed by atoms with Crippen molar-refractivity contribution in [1.29, 1.82) is 0 Å². The Bertz CT molecular complexity index is 609. The number of benzene rings is 2. The van der Waals surface area contributed by atoms with Crippen molar-refractivity contribution in [3.63, 3.8) is 0 Å². The van der Waals surface area contributed by atoms with E-state index in [0.29, 0.717) is 11.3 Å². The Morgan fingerprint density at radius 2 is 1.73 bits per heavy atom. The van der Waals surface area contributed by atoms with Gasteiger partial charge in [0.05, 0.1) is 12.7 Å². The lowest BCUT2D eigenvalue weighted by atomic mass is 10.1. The molecule has 2 aromatic rings. The largest absolute Gasteiger partial charge is 0.497 e. The lowest BCUT2D eigenvalue weighted by Crippen LogP contribution is -2.10. The summed E-state index contributed by atoms with van der Waals surface area (Å²) in [6.45, 7) is -0.0709. The van der Waals surface area contributed by atoms with Crippen molar-refractivity contribution in [2.45, 2.75) is 12.3 Å². The van der Waals surface area contributed by atoms with Gasteiger partial charge in [0, 0.05) is 0 Å². The summed E-state index contributed by atoms with van der Waals surface area (Å²) in [4.78, 5) is 0. The van der Waals surface area contributed by atoms with E-state index < -0.39 is 17.8 Å². The molecule has 0 aliphatic heterocycles. The van der Waals surface area contributed by atoms with E-state index in [0.717, 1.165) is 12.1 Å². The van der Waals surface area contributed by atoms with Crippen LogP contribution in [-0.4, -0.2) is 18.8 Å². The predicted octanol–water partition coefficient (Wildman–Crippen LogP) is 3.83. The fraction of sp³-hybridized carbons (Fsp3) is 0.250. The highest BCUT2D eigenvalue weighted by atomic mass is 19.4. The summed E-state index contributed by atoms with van der Waals surface area (Å²) in [7, 11) is 1.52. The molecule has 1 unspecified atom stereocenters. The summed E-state index contributed by atoms with van der Waals surface area (Å²) < 4.78 is 47.7. The van der Waals surface area contributed by atoms with Crippen LogP contribution in [0.15, 0.2) is 48.5 Å². The maximum absolute atomic E-state index is 12.4. The number of rotatable bonds is 5. The summed E-state index contributed by atoms with van der Waals surface area (Å²) in [6, 6.07) is 11.2. The minimum atomic E-state index is -4.38. The van der Waals surface area contributed by atoms with Gasteiger partial charge in [-0.2, -0.15) is 13.2 Å². The van der Waals surface area contributed by atoms with Gasteiger partial charge in [-0.15, -0.1) is 0 Å². The smallest absolute Gasteiger partial charge is 0.416 e. The molecule has 0 saturated heterocycles. The predicted molar refractivity (Wildman–Crippen MR) is 74.9 cm³/mol. The average molecular weight is 312 g/mol. The van der Waals surface area contributed by atoms with Crippen LogP contribution in [0, 0.1) is 0 Å². The van der Waals surface area contributed by atoms with Crippen molar-refractivity contribution in [1.82, 2.24) is 0 Å². The van der Waals surface area contributed by atoms with Gasteiger partial charge in [0.2, 0.25) is 0 Å². The van der Waals surface area contributed by atoms with Gasteiger partial charge in [0.25, 0.3) is 0 Å². The lowest BCUT2D eigenvalue weighted by molar-refractivity contribution is -0.137. The standard InChI is InChI=1S/C16H15F3O3/c1-21-14-4-2-3-11(9-14)15(20)10-22-13-7-5-12(6-8-13)16(17,18)19/h2-9,15,20H,10H2,1H3. The Kier molecular flexibility index (Phi) is 4.92. The molecule has 1 N–H and O–H groups in total. The molecular formula is C16H15F3O3. The van der Waals surface area contributed by atoms with Gasteiger partial charge in [0.1, 0.15) is 24.2 Å². The molecule has 2 rings (SSSR count). The van der Waals surface area contributed by atoms with E-state index in [2.05, 4.69) is 0 Å². The first-order valence-electron chi connectivity index (χ1n) is 6.52. The number of aliphatic hydroxyl groups is 1. The monoisotopic (exact) mass is 312 g/mol. The van der Waals surface area contributed by atoms with Gasteiger partial charge in [-0.25, -0.2) is 0 Å². The molecule has 0 aromatic heterocycles. The molecule has 0 aliphatic carbocycles. The summed E-state index contributed by atoms with van der Waals surface area (Å²) in [5, 5.41) is 10.0. The first kappa shape index (κ1) is 16.2. The molecule has 0 saturated carbocycles. The highest BCUT2D eigenvalue weighted by molar-refractivity contribution is 5.31. The highest BCUT2D eigenvalue weighted by Gasteiger charge is 2.30. The quantitative estimate of drug-likeness (QED) is 0.912. The van der Waals surface area contributed by atoms with Crippen molar-refractivity contribution < 1.29 is 27.8 Å². The minimum absolute atomic E-state index is 0.0709. The molecule has 1 atom stereocenters. The van der Waals surface area contributed by atoms with Crippen LogP contribution in [0.25, 0.3) is 0 Å². The number of hydrogen-bond donors (Lipinski definition) is 1. The van der Waals surface area contributed by atoms with Gasteiger partial charge < -0.3 is 14.6 Å². The highest BCUT2D eigenvalue weighted by Crippen LogP contribution is 2.30. The first-order chi connectivity index (χ1) is 10.4. The fourth-order valence-electron chi connectivity index (χ4n) is 1.86. The van der Waals surface area contributed by atoms with E-state index >= 15 is 0 Å². The molecule has 22 heavy (non-hydrogen) atoms. The summed E-state index contributed by atoms with van der Waals surface area (Å²) >= 11 is 0. The Balaban J connectivity index is 1.97. The molecule has 2 aromatic carbocycles. The molecule has 0 fully saturated rings. The third-order valence-electron chi connectivity index (χ3n) is 3.07. The van der Waals surface area contributed by atoms with Crippen LogP contribution in [0.1, 0.15) is 17.2 Å². The van der Waals surface area contributed by atoms with Crippen LogP contribution in [0.4, 0.5) is 13.2 Å². The molecular weight excluding hydrogens is 297 g/mol. The zero-order valence-corrected chi connectivity index (χ0v) is 11.8. The number of methoxy groups -OCH3 is 1.